The largest absolute Gasteiger partial charge is 0.494 e. The standard InChI is InChI=1S/C24H26N2O6/c1-16(2)15-32-20-11-7-18(8-12-20)24(3)22(29)26(23(30)25-24)13-4-14-31-19-9-5-17(6-10-19)21(27)28/h5-12H,1,4,13-15H2,2-3H3,(H,25,30)(H,27,28). The molecule has 1 aliphatic heterocycles. The number of carboxylic acids is 1. The Bertz CT molecular complexity index is 1020. The number of ether oxygens (including phenoxy) is 2. The van der Waals surface area contributed by atoms with Gasteiger partial charge in [-0.3, -0.25) is 9.69 Å². The van der Waals surface area contributed by atoms with E-state index in [-0.39, 0.29) is 24.6 Å². The molecule has 8 nitrogen and oxygen atoms in total. The van der Waals surface area contributed by atoms with Gasteiger partial charge in [-0.05, 0) is 67.8 Å². The second-order valence-electron chi connectivity index (χ2n) is 7.81. The first-order valence-electron chi connectivity index (χ1n) is 10.2. The third-order valence-corrected chi connectivity index (χ3v) is 5.09. The Balaban J connectivity index is 1.55. The van der Waals surface area contributed by atoms with Crippen LogP contribution in [0.5, 0.6) is 11.5 Å². The van der Waals surface area contributed by atoms with E-state index in [4.69, 9.17) is 14.6 Å². The molecular weight excluding hydrogens is 412 g/mol. The van der Waals surface area contributed by atoms with Gasteiger partial charge in [0.2, 0.25) is 0 Å². The molecule has 168 valence electrons. The Morgan fingerprint density at radius 1 is 1.06 bits per heavy atom. The first-order chi connectivity index (χ1) is 15.2. The minimum Gasteiger partial charge on any atom is -0.494 e. The highest BCUT2D eigenvalue weighted by Gasteiger charge is 2.48. The van der Waals surface area contributed by atoms with Gasteiger partial charge in [-0.1, -0.05) is 18.7 Å². The van der Waals surface area contributed by atoms with Gasteiger partial charge < -0.3 is 19.9 Å². The quantitative estimate of drug-likeness (QED) is 0.334. The van der Waals surface area contributed by atoms with Crippen molar-refractivity contribution in [1.29, 1.82) is 0 Å². The van der Waals surface area contributed by atoms with E-state index in [0.717, 1.165) is 5.57 Å². The molecule has 8 heteroatoms. The summed E-state index contributed by atoms with van der Waals surface area (Å²) >= 11 is 0. The van der Waals surface area contributed by atoms with Gasteiger partial charge in [-0.15, -0.1) is 0 Å². The molecule has 1 unspecified atom stereocenters. The molecule has 1 heterocycles. The van der Waals surface area contributed by atoms with Crippen LogP contribution in [0.15, 0.2) is 60.7 Å². The molecule has 0 bridgehead atoms. The molecule has 0 spiro atoms. The van der Waals surface area contributed by atoms with E-state index in [1.807, 2.05) is 6.92 Å². The first kappa shape index (κ1) is 22.9. The van der Waals surface area contributed by atoms with Crippen LogP contribution < -0.4 is 14.8 Å². The van der Waals surface area contributed by atoms with Crippen LogP contribution in [0.2, 0.25) is 0 Å². The van der Waals surface area contributed by atoms with E-state index in [1.165, 1.54) is 17.0 Å². The molecule has 2 aromatic carbocycles. The number of hydrogen-bond acceptors (Lipinski definition) is 5. The number of nitrogens with zero attached hydrogens (tertiary/aromatic N) is 1. The summed E-state index contributed by atoms with van der Waals surface area (Å²) in [6, 6.07) is 12.6. The maximum absolute atomic E-state index is 13.0. The van der Waals surface area contributed by atoms with E-state index in [0.29, 0.717) is 30.1 Å². The van der Waals surface area contributed by atoms with Gasteiger partial charge >= 0.3 is 12.0 Å². The van der Waals surface area contributed by atoms with E-state index in [9.17, 15) is 14.4 Å². The Morgan fingerprint density at radius 3 is 2.25 bits per heavy atom. The molecular formula is C24H26N2O6. The van der Waals surface area contributed by atoms with Gasteiger partial charge in [0.05, 0.1) is 12.2 Å². The molecule has 1 aliphatic rings. The maximum Gasteiger partial charge on any atom is 0.335 e. The highest BCUT2D eigenvalue weighted by molar-refractivity contribution is 6.07. The fraction of sp³-hybridized carbons (Fsp3) is 0.292. The van der Waals surface area contributed by atoms with Crippen LogP contribution >= 0.6 is 0 Å². The lowest BCUT2D eigenvalue weighted by atomic mass is 9.92. The van der Waals surface area contributed by atoms with Crippen LogP contribution in [-0.2, 0) is 10.3 Å². The van der Waals surface area contributed by atoms with Crippen LogP contribution in [0.4, 0.5) is 4.79 Å². The smallest absolute Gasteiger partial charge is 0.335 e. The number of amides is 3. The number of urea groups is 1. The van der Waals surface area contributed by atoms with Crippen molar-refractivity contribution in [3.05, 3.63) is 71.8 Å². The van der Waals surface area contributed by atoms with Crippen molar-refractivity contribution in [3.63, 3.8) is 0 Å². The van der Waals surface area contributed by atoms with Crippen LogP contribution in [0.25, 0.3) is 0 Å². The van der Waals surface area contributed by atoms with Crippen molar-refractivity contribution in [2.24, 2.45) is 0 Å². The summed E-state index contributed by atoms with van der Waals surface area (Å²) in [4.78, 5) is 37.5. The number of hydrogen-bond donors (Lipinski definition) is 2. The Labute approximate surface area is 186 Å². The zero-order chi connectivity index (χ0) is 23.3. The summed E-state index contributed by atoms with van der Waals surface area (Å²) in [5.74, 6) is -0.162. The topological polar surface area (TPSA) is 105 Å². The van der Waals surface area contributed by atoms with Crippen LogP contribution in [0.3, 0.4) is 0 Å². The average molecular weight is 438 g/mol. The van der Waals surface area contributed by atoms with Crippen molar-refractivity contribution in [3.8, 4) is 11.5 Å². The fourth-order valence-corrected chi connectivity index (χ4v) is 3.29. The number of nitrogens with one attached hydrogen (secondary N) is 1. The Morgan fingerprint density at radius 2 is 1.66 bits per heavy atom. The summed E-state index contributed by atoms with van der Waals surface area (Å²) in [5, 5.41) is 11.7. The van der Waals surface area contributed by atoms with Gasteiger partial charge in [0, 0.05) is 6.54 Å². The minimum atomic E-state index is -1.16. The van der Waals surface area contributed by atoms with Gasteiger partial charge in [0.25, 0.3) is 5.91 Å². The molecule has 2 N–H and O–H groups in total. The van der Waals surface area contributed by atoms with E-state index < -0.39 is 17.5 Å². The monoisotopic (exact) mass is 438 g/mol. The zero-order valence-electron chi connectivity index (χ0n) is 18.1. The number of carboxylic acid groups (broad SMARTS) is 1. The van der Waals surface area contributed by atoms with Crippen molar-refractivity contribution in [2.75, 3.05) is 19.8 Å². The molecule has 0 aliphatic carbocycles. The third-order valence-electron chi connectivity index (χ3n) is 5.09. The van der Waals surface area contributed by atoms with E-state index >= 15 is 0 Å². The van der Waals surface area contributed by atoms with E-state index in [1.54, 1.807) is 43.3 Å². The van der Waals surface area contributed by atoms with E-state index in [2.05, 4.69) is 11.9 Å². The van der Waals surface area contributed by atoms with Crippen molar-refractivity contribution < 1.29 is 29.0 Å². The Kier molecular flexibility index (Phi) is 6.82. The average Bonchev–Trinajstić information content (AvgIpc) is 2.99. The van der Waals surface area contributed by atoms with Gasteiger partial charge in [0.1, 0.15) is 23.6 Å². The van der Waals surface area contributed by atoms with Crippen molar-refractivity contribution in [1.82, 2.24) is 10.2 Å². The molecule has 1 saturated heterocycles. The lowest BCUT2D eigenvalue weighted by molar-refractivity contribution is -0.131. The van der Waals surface area contributed by atoms with Crippen molar-refractivity contribution in [2.45, 2.75) is 25.8 Å². The second-order valence-corrected chi connectivity index (χ2v) is 7.81. The molecule has 1 atom stereocenters. The Hall–Kier alpha value is -3.81. The summed E-state index contributed by atoms with van der Waals surface area (Å²) in [5.41, 5.74) is 0.579. The fourth-order valence-electron chi connectivity index (χ4n) is 3.29. The molecule has 3 amide bonds. The molecule has 2 aromatic rings. The molecule has 0 saturated carbocycles. The normalized spacial score (nSPS) is 17.8. The van der Waals surface area contributed by atoms with Crippen molar-refractivity contribution >= 4 is 17.9 Å². The third kappa shape index (κ3) is 5.08. The molecule has 0 radical (unpaired) electrons. The zero-order valence-corrected chi connectivity index (χ0v) is 18.1. The predicted molar refractivity (Wildman–Crippen MR) is 118 cm³/mol. The maximum atomic E-state index is 13.0. The SMILES string of the molecule is C=C(C)COc1ccc(C2(C)NC(=O)N(CCCOc3ccc(C(=O)O)cc3)C2=O)cc1. The van der Waals surface area contributed by atoms with Crippen LogP contribution in [0.1, 0.15) is 36.2 Å². The number of imide groups is 1. The summed E-state index contributed by atoms with van der Waals surface area (Å²) in [6.07, 6.45) is 0.434. The van der Waals surface area contributed by atoms with Gasteiger partial charge in [0.15, 0.2) is 0 Å². The number of carbonyl (C=O) groups is 3. The highest BCUT2D eigenvalue weighted by atomic mass is 16.5. The first-order valence-corrected chi connectivity index (χ1v) is 10.2. The lowest BCUT2D eigenvalue weighted by Crippen LogP contribution is -2.41. The number of aromatic carboxylic acids is 1. The van der Waals surface area contributed by atoms with Crippen LogP contribution in [-0.4, -0.2) is 47.7 Å². The second kappa shape index (κ2) is 9.55. The predicted octanol–water partition coefficient (Wildman–Crippen LogP) is 3.58. The highest BCUT2D eigenvalue weighted by Crippen LogP contribution is 2.30. The number of benzene rings is 2. The van der Waals surface area contributed by atoms with Crippen LogP contribution in [0, 0.1) is 0 Å². The lowest BCUT2D eigenvalue weighted by Gasteiger charge is -2.22. The summed E-state index contributed by atoms with van der Waals surface area (Å²) in [7, 11) is 0. The van der Waals surface area contributed by atoms with Gasteiger partial charge in [-0.2, -0.15) is 0 Å². The molecule has 32 heavy (non-hydrogen) atoms. The summed E-state index contributed by atoms with van der Waals surface area (Å²) in [6.45, 7) is 8.23. The number of rotatable bonds is 10. The summed E-state index contributed by atoms with van der Waals surface area (Å²) < 4.78 is 11.2. The molecule has 3 rings (SSSR count). The number of carbonyl (C=O) groups excluding carboxylic acids is 2. The minimum absolute atomic E-state index is 0.173. The van der Waals surface area contributed by atoms with Gasteiger partial charge in [-0.25, -0.2) is 9.59 Å². The molecule has 1 fully saturated rings. The molecule has 0 aromatic heterocycles.